The van der Waals surface area contributed by atoms with Gasteiger partial charge in [-0.2, -0.15) is 0 Å². The third-order valence-electron chi connectivity index (χ3n) is 3.09. The Labute approximate surface area is 115 Å². The third kappa shape index (κ3) is 4.91. The van der Waals surface area contributed by atoms with E-state index in [1.807, 2.05) is 45.0 Å². The molecular formula is C15H24N2O2. The smallest absolute Gasteiger partial charge is 0.237 e. The summed E-state index contributed by atoms with van der Waals surface area (Å²) in [6.45, 7) is 6.47. The molecule has 0 aromatic heterocycles. The van der Waals surface area contributed by atoms with Crippen LogP contribution >= 0.6 is 0 Å². The summed E-state index contributed by atoms with van der Waals surface area (Å²) in [5, 5.41) is 2.87. The standard InChI is InChI=1S/C15H24N2O2/c1-15(2,3)13(16)14(18)17-10-9-11-5-7-12(19-4)8-6-11/h5-8,13H,9-10,16H2,1-4H3,(H,17,18). The van der Waals surface area contributed by atoms with Crippen LogP contribution in [0.2, 0.25) is 0 Å². The molecule has 1 unspecified atom stereocenters. The molecule has 4 heteroatoms. The second-order valence-electron chi connectivity index (χ2n) is 5.73. The lowest BCUT2D eigenvalue weighted by Crippen LogP contribution is -2.48. The molecule has 0 fully saturated rings. The molecular weight excluding hydrogens is 240 g/mol. The minimum absolute atomic E-state index is 0.0963. The average molecular weight is 264 g/mol. The van der Waals surface area contributed by atoms with Crippen molar-refractivity contribution >= 4 is 5.91 Å². The van der Waals surface area contributed by atoms with Crippen molar-refractivity contribution in [2.45, 2.75) is 33.2 Å². The van der Waals surface area contributed by atoms with Gasteiger partial charge in [0.05, 0.1) is 13.2 Å². The molecule has 0 aliphatic heterocycles. The van der Waals surface area contributed by atoms with Crippen molar-refractivity contribution < 1.29 is 9.53 Å². The largest absolute Gasteiger partial charge is 0.497 e. The first kappa shape index (κ1) is 15.5. The zero-order valence-corrected chi connectivity index (χ0v) is 12.2. The van der Waals surface area contributed by atoms with Crippen molar-refractivity contribution in [1.82, 2.24) is 5.32 Å². The van der Waals surface area contributed by atoms with Gasteiger partial charge in [0, 0.05) is 6.54 Å². The molecule has 1 atom stereocenters. The molecule has 4 nitrogen and oxygen atoms in total. The number of nitrogens with one attached hydrogen (secondary N) is 1. The molecule has 19 heavy (non-hydrogen) atoms. The number of carbonyl (C=O) groups is 1. The molecule has 0 saturated heterocycles. The molecule has 1 aromatic carbocycles. The Balaban J connectivity index is 2.39. The Morgan fingerprint density at radius 2 is 1.89 bits per heavy atom. The Morgan fingerprint density at radius 3 is 2.37 bits per heavy atom. The number of ether oxygens (including phenoxy) is 1. The molecule has 0 heterocycles. The summed E-state index contributed by atoms with van der Waals surface area (Å²) in [6.07, 6.45) is 0.784. The third-order valence-corrected chi connectivity index (χ3v) is 3.09. The summed E-state index contributed by atoms with van der Waals surface area (Å²) >= 11 is 0. The average Bonchev–Trinajstić information content (AvgIpc) is 2.37. The van der Waals surface area contributed by atoms with Gasteiger partial charge >= 0.3 is 0 Å². The number of hydrogen-bond acceptors (Lipinski definition) is 3. The van der Waals surface area contributed by atoms with E-state index in [9.17, 15) is 4.79 Å². The lowest BCUT2D eigenvalue weighted by atomic mass is 9.87. The van der Waals surface area contributed by atoms with Crippen LogP contribution < -0.4 is 15.8 Å². The van der Waals surface area contributed by atoms with E-state index >= 15 is 0 Å². The number of nitrogens with two attached hydrogens (primary N) is 1. The van der Waals surface area contributed by atoms with E-state index < -0.39 is 6.04 Å². The van der Waals surface area contributed by atoms with Gasteiger partial charge in [-0.05, 0) is 29.5 Å². The summed E-state index contributed by atoms with van der Waals surface area (Å²) < 4.78 is 5.09. The minimum Gasteiger partial charge on any atom is -0.497 e. The molecule has 1 rings (SSSR count). The van der Waals surface area contributed by atoms with Gasteiger partial charge in [0.25, 0.3) is 0 Å². The fourth-order valence-corrected chi connectivity index (χ4v) is 1.63. The number of rotatable bonds is 5. The van der Waals surface area contributed by atoms with Crippen molar-refractivity contribution in [1.29, 1.82) is 0 Å². The molecule has 1 aromatic rings. The molecule has 0 saturated carbocycles. The fraction of sp³-hybridized carbons (Fsp3) is 0.533. The monoisotopic (exact) mass is 264 g/mol. The first-order valence-corrected chi connectivity index (χ1v) is 6.51. The topological polar surface area (TPSA) is 64.3 Å². The van der Waals surface area contributed by atoms with Crippen molar-refractivity contribution in [3.05, 3.63) is 29.8 Å². The van der Waals surface area contributed by atoms with Gasteiger partial charge in [0.1, 0.15) is 5.75 Å². The summed E-state index contributed by atoms with van der Waals surface area (Å²) in [4.78, 5) is 11.8. The number of methoxy groups -OCH3 is 1. The molecule has 0 spiro atoms. The van der Waals surface area contributed by atoms with Crippen LogP contribution in [-0.2, 0) is 11.2 Å². The predicted octanol–water partition coefficient (Wildman–Crippen LogP) is 1.73. The van der Waals surface area contributed by atoms with Gasteiger partial charge in [-0.15, -0.1) is 0 Å². The van der Waals surface area contributed by atoms with E-state index in [1.54, 1.807) is 7.11 Å². The number of benzene rings is 1. The van der Waals surface area contributed by atoms with Crippen LogP contribution in [0.5, 0.6) is 5.75 Å². The molecule has 0 radical (unpaired) electrons. The van der Waals surface area contributed by atoms with Crippen LogP contribution in [0.1, 0.15) is 26.3 Å². The fourth-order valence-electron chi connectivity index (χ4n) is 1.63. The first-order valence-electron chi connectivity index (χ1n) is 6.51. The van der Waals surface area contributed by atoms with Gasteiger partial charge < -0.3 is 15.8 Å². The van der Waals surface area contributed by atoms with Gasteiger partial charge in [-0.1, -0.05) is 32.9 Å². The Kier molecular flexibility index (Phi) is 5.36. The maximum absolute atomic E-state index is 11.8. The van der Waals surface area contributed by atoms with Gasteiger partial charge in [0.2, 0.25) is 5.91 Å². The molecule has 0 aliphatic carbocycles. The molecule has 0 bridgehead atoms. The van der Waals surface area contributed by atoms with Crippen molar-refractivity contribution in [3.8, 4) is 5.75 Å². The lowest BCUT2D eigenvalue weighted by molar-refractivity contribution is -0.124. The van der Waals surface area contributed by atoms with Crippen molar-refractivity contribution in [2.75, 3.05) is 13.7 Å². The Hall–Kier alpha value is -1.55. The van der Waals surface area contributed by atoms with E-state index in [-0.39, 0.29) is 11.3 Å². The Morgan fingerprint density at radius 1 is 1.32 bits per heavy atom. The van der Waals surface area contributed by atoms with Crippen LogP contribution in [0.15, 0.2) is 24.3 Å². The normalized spacial score (nSPS) is 12.9. The van der Waals surface area contributed by atoms with Gasteiger partial charge in [-0.25, -0.2) is 0 Å². The highest BCUT2D eigenvalue weighted by molar-refractivity contribution is 5.82. The predicted molar refractivity (Wildman–Crippen MR) is 77.1 cm³/mol. The van der Waals surface area contributed by atoms with Crippen LogP contribution in [0.4, 0.5) is 0 Å². The van der Waals surface area contributed by atoms with E-state index in [2.05, 4.69) is 5.32 Å². The SMILES string of the molecule is COc1ccc(CCNC(=O)C(N)C(C)(C)C)cc1. The van der Waals surface area contributed by atoms with Crippen LogP contribution in [0.25, 0.3) is 0 Å². The summed E-state index contributed by atoms with van der Waals surface area (Å²) in [5.74, 6) is 0.739. The van der Waals surface area contributed by atoms with Crippen LogP contribution in [0.3, 0.4) is 0 Å². The molecule has 3 N–H and O–H groups in total. The zero-order chi connectivity index (χ0) is 14.5. The Bertz CT molecular complexity index is 407. The van der Waals surface area contributed by atoms with E-state index in [4.69, 9.17) is 10.5 Å². The summed E-state index contributed by atoms with van der Waals surface area (Å²) in [7, 11) is 1.64. The second-order valence-corrected chi connectivity index (χ2v) is 5.73. The highest BCUT2D eigenvalue weighted by Crippen LogP contribution is 2.17. The van der Waals surface area contributed by atoms with Crippen molar-refractivity contribution in [2.24, 2.45) is 11.1 Å². The van der Waals surface area contributed by atoms with E-state index in [0.29, 0.717) is 6.54 Å². The summed E-state index contributed by atoms with van der Waals surface area (Å²) in [5.41, 5.74) is 6.82. The summed E-state index contributed by atoms with van der Waals surface area (Å²) in [6, 6.07) is 7.34. The maximum atomic E-state index is 11.8. The number of carbonyl (C=O) groups excluding carboxylic acids is 1. The lowest BCUT2D eigenvalue weighted by Gasteiger charge is -2.25. The van der Waals surface area contributed by atoms with Gasteiger partial charge in [0.15, 0.2) is 0 Å². The number of hydrogen-bond donors (Lipinski definition) is 2. The van der Waals surface area contributed by atoms with E-state index in [0.717, 1.165) is 17.7 Å². The minimum atomic E-state index is -0.483. The second kappa shape index (κ2) is 6.57. The van der Waals surface area contributed by atoms with Gasteiger partial charge in [-0.3, -0.25) is 4.79 Å². The quantitative estimate of drug-likeness (QED) is 0.851. The molecule has 0 aliphatic rings. The van der Waals surface area contributed by atoms with Crippen molar-refractivity contribution in [3.63, 3.8) is 0 Å². The molecule has 106 valence electrons. The zero-order valence-electron chi connectivity index (χ0n) is 12.2. The molecule has 1 amide bonds. The van der Waals surface area contributed by atoms with E-state index in [1.165, 1.54) is 0 Å². The maximum Gasteiger partial charge on any atom is 0.237 e. The first-order chi connectivity index (χ1) is 8.84. The van der Waals surface area contributed by atoms with Crippen LogP contribution in [0, 0.1) is 5.41 Å². The van der Waals surface area contributed by atoms with Crippen LogP contribution in [-0.4, -0.2) is 25.6 Å². The highest BCUT2D eigenvalue weighted by Gasteiger charge is 2.26. The number of amides is 1. The highest BCUT2D eigenvalue weighted by atomic mass is 16.5.